The highest BCUT2D eigenvalue weighted by Gasteiger charge is 2.45. The minimum Gasteiger partial charge on any atom is -0.433 e. The summed E-state index contributed by atoms with van der Waals surface area (Å²) in [7, 11) is -3.10. The lowest BCUT2D eigenvalue weighted by molar-refractivity contribution is -0.0500. The largest absolute Gasteiger partial charge is 0.433 e. The van der Waals surface area contributed by atoms with Crippen LogP contribution >= 0.6 is 0 Å². The summed E-state index contributed by atoms with van der Waals surface area (Å²) in [4.78, 5) is 16.7. The van der Waals surface area contributed by atoms with E-state index in [1.165, 1.54) is 18.5 Å². The molecule has 1 aliphatic heterocycles. The van der Waals surface area contributed by atoms with Crippen molar-refractivity contribution in [3.8, 4) is 11.4 Å². The molecule has 1 aliphatic rings. The summed E-state index contributed by atoms with van der Waals surface area (Å²) in [6.07, 6.45) is 2.67. The fourth-order valence-electron chi connectivity index (χ4n) is 3.94. The van der Waals surface area contributed by atoms with Crippen molar-refractivity contribution in [1.82, 2.24) is 20.1 Å². The zero-order chi connectivity index (χ0) is 23.3. The molecule has 1 aromatic carbocycles. The Kier molecular flexibility index (Phi) is 5.40. The SMILES string of the molecule is CC(C)c1nn(-c2cncc(OC(F)F)c2)c2ccc(C(=O)NC3(C)CS(=O)(=O)C3)cc12. The van der Waals surface area contributed by atoms with Crippen molar-refractivity contribution in [2.24, 2.45) is 0 Å². The maximum atomic E-state index is 12.8. The molecule has 11 heteroatoms. The molecule has 4 rings (SSSR count). The molecule has 3 heterocycles. The van der Waals surface area contributed by atoms with Gasteiger partial charge in [-0.1, -0.05) is 13.8 Å². The topological polar surface area (TPSA) is 103 Å². The fraction of sp³-hybridized carbons (Fsp3) is 0.381. The number of benzene rings is 1. The van der Waals surface area contributed by atoms with Crippen molar-refractivity contribution in [2.75, 3.05) is 11.5 Å². The second-order valence-corrected chi connectivity index (χ2v) is 10.6. The third-order valence-corrected chi connectivity index (χ3v) is 7.33. The first-order chi connectivity index (χ1) is 15.0. The van der Waals surface area contributed by atoms with Gasteiger partial charge in [0.2, 0.25) is 0 Å². The van der Waals surface area contributed by atoms with Gasteiger partial charge in [0.1, 0.15) is 5.75 Å². The average Bonchev–Trinajstić information content (AvgIpc) is 3.05. The number of nitrogens with one attached hydrogen (secondary N) is 1. The molecule has 0 bridgehead atoms. The van der Waals surface area contributed by atoms with Crippen LogP contribution in [0, 0.1) is 0 Å². The van der Waals surface area contributed by atoms with Gasteiger partial charge in [-0.2, -0.15) is 13.9 Å². The Morgan fingerprint density at radius 3 is 2.56 bits per heavy atom. The van der Waals surface area contributed by atoms with E-state index in [1.807, 2.05) is 13.8 Å². The van der Waals surface area contributed by atoms with Crippen molar-refractivity contribution in [2.45, 2.75) is 38.8 Å². The van der Waals surface area contributed by atoms with Gasteiger partial charge >= 0.3 is 6.61 Å². The Morgan fingerprint density at radius 2 is 1.94 bits per heavy atom. The Morgan fingerprint density at radius 1 is 1.22 bits per heavy atom. The van der Waals surface area contributed by atoms with E-state index >= 15 is 0 Å². The molecule has 1 saturated heterocycles. The average molecular weight is 464 g/mol. The highest BCUT2D eigenvalue weighted by molar-refractivity contribution is 7.93. The number of carbonyl (C=O) groups is 1. The lowest BCUT2D eigenvalue weighted by atomic mass is 10.0. The van der Waals surface area contributed by atoms with Gasteiger partial charge in [0.25, 0.3) is 5.91 Å². The molecule has 0 aliphatic carbocycles. The normalized spacial score (nSPS) is 16.8. The summed E-state index contributed by atoms with van der Waals surface area (Å²) < 4.78 is 54.2. The minimum atomic E-state index is -3.10. The van der Waals surface area contributed by atoms with E-state index in [2.05, 4.69) is 20.1 Å². The monoisotopic (exact) mass is 464 g/mol. The van der Waals surface area contributed by atoms with Crippen molar-refractivity contribution in [3.63, 3.8) is 0 Å². The molecule has 1 amide bonds. The van der Waals surface area contributed by atoms with Gasteiger partial charge in [0, 0.05) is 17.0 Å². The maximum absolute atomic E-state index is 12.8. The number of halogens is 2. The third kappa shape index (κ3) is 4.29. The van der Waals surface area contributed by atoms with E-state index < -0.39 is 22.0 Å². The highest BCUT2D eigenvalue weighted by atomic mass is 32.2. The molecular formula is C21H22F2N4O4S. The Balaban J connectivity index is 1.71. The van der Waals surface area contributed by atoms with Gasteiger partial charge in [-0.3, -0.25) is 9.78 Å². The van der Waals surface area contributed by atoms with Crippen LogP contribution in [0.25, 0.3) is 16.6 Å². The Hall–Kier alpha value is -3.08. The van der Waals surface area contributed by atoms with Crippen LogP contribution in [0.15, 0.2) is 36.7 Å². The number of sulfone groups is 1. The molecule has 0 radical (unpaired) electrons. The first kappa shape index (κ1) is 22.1. The number of carbonyl (C=O) groups excluding carboxylic acids is 1. The van der Waals surface area contributed by atoms with Crippen molar-refractivity contribution < 1.29 is 26.7 Å². The minimum absolute atomic E-state index is 0.0137. The van der Waals surface area contributed by atoms with E-state index in [-0.39, 0.29) is 29.1 Å². The number of alkyl halides is 2. The smallest absolute Gasteiger partial charge is 0.387 e. The van der Waals surface area contributed by atoms with Crippen LogP contribution in [0.5, 0.6) is 5.75 Å². The molecule has 170 valence electrons. The predicted octanol–water partition coefficient (Wildman–Crippen LogP) is 3.06. The van der Waals surface area contributed by atoms with Gasteiger partial charge in [-0.05, 0) is 31.0 Å². The van der Waals surface area contributed by atoms with Gasteiger partial charge < -0.3 is 10.1 Å². The van der Waals surface area contributed by atoms with Crippen LogP contribution in [0.4, 0.5) is 8.78 Å². The zero-order valence-corrected chi connectivity index (χ0v) is 18.5. The summed E-state index contributed by atoms with van der Waals surface area (Å²) in [6, 6.07) is 6.44. The second kappa shape index (κ2) is 7.80. The number of amides is 1. The van der Waals surface area contributed by atoms with Gasteiger partial charge in [-0.15, -0.1) is 0 Å². The molecule has 1 fully saturated rings. The number of pyridine rings is 1. The van der Waals surface area contributed by atoms with Crippen LogP contribution in [-0.2, 0) is 9.84 Å². The number of hydrogen-bond acceptors (Lipinski definition) is 6. The molecule has 3 aromatic rings. The fourth-order valence-corrected chi connectivity index (χ4v) is 5.94. The highest BCUT2D eigenvalue weighted by Crippen LogP contribution is 2.30. The summed E-state index contributed by atoms with van der Waals surface area (Å²) in [5.41, 5.74) is 1.40. The molecule has 0 atom stereocenters. The van der Waals surface area contributed by atoms with E-state index in [0.29, 0.717) is 22.5 Å². The predicted molar refractivity (Wildman–Crippen MR) is 114 cm³/mol. The van der Waals surface area contributed by atoms with Crippen LogP contribution in [0.1, 0.15) is 42.7 Å². The second-order valence-electron chi connectivity index (χ2n) is 8.49. The van der Waals surface area contributed by atoms with Crippen molar-refractivity contribution in [1.29, 1.82) is 0 Å². The molecule has 32 heavy (non-hydrogen) atoms. The first-order valence-electron chi connectivity index (χ1n) is 9.92. The zero-order valence-electron chi connectivity index (χ0n) is 17.7. The molecule has 8 nitrogen and oxygen atoms in total. The molecule has 0 saturated carbocycles. The number of rotatable bonds is 6. The first-order valence-corrected chi connectivity index (χ1v) is 11.7. The molecular weight excluding hydrogens is 442 g/mol. The van der Waals surface area contributed by atoms with Crippen LogP contribution in [0.2, 0.25) is 0 Å². The van der Waals surface area contributed by atoms with Crippen molar-refractivity contribution in [3.05, 3.63) is 47.9 Å². The lowest BCUT2D eigenvalue weighted by Crippen LogP contribution is -2.63. The van der Waals surface area contributed by atoms with Crippen LogP contribution < -0.4 is 10.1 Å². The summed E-state index contributed by atoms with van der Waals surface area (Å²) >= 11 is 0. The molecule has 0 unspecified atom stereocenters. The number of hydrogen-bond donors (Lipinski definition) is 1. The van der Waals surface area contributed by atoms with Gasteiger partial charge in [0.15, 0.2) is 9.84 Å². The molecule has 2 aromatic heterocycles. The van der Waals surface area contributed by atoms with Crippen LogP contribution in [0.3, 0.4) is 0 Å². The summed E-state index contributed by atoms with van der Waals surface area (Å²) in [5, 5.41) is 8.14. The Bertz CT molecular complexity index is 1290. The quantitative estimate of drug-likeness (QED) is 0.602. The molecule has 1 N–H and O–H groups in total. The lowest BCUT2D eigenvalue weighted by Gasteiger charge is -2.38. The van der Waals surface area contributed by atoms with E-state index in [0.717, 1.165) is 5.39 Å². The number of ether oxygens (including phenoxy) is 1. The van der Waals surface area contributed by atoms with Gasteiger partial charge in [-0.25, -0.2) is 13.1 Å². The maximum Gasteiger partial charge on any atom is 0.387 e. The standard InChI is InChI=1S/C21H22F2N4O4S/c1-12(2)18-16-6-13(19(28)25-21(3)10-32(29,30)11-21)4-5-17(16)27(26-18)14-7-15(9-24-8-14)31-20(22)23/h4-9,12,20H,10-11H2,1-3H3,(H,25,28). The van der Waals surface area contributed by atoms with E-state index in [9.17, 15) is 22.0 Å². The summed E-state index contributed by atoms with van der Waals surface area (Å²) in [5.74, 6) is -0.632. The third-order valence-electron chi connectivity index (χ3n) is 5.18. The van der Waals surface area contributed by atoms with E-state index in [4.69, 9.17) is 0 Å². The van der Waals surface area contributed by atoms with Gasteiger partial charge in [0.05, 0.1) is 46.3 Å². The van der Waals surface area contributed by atoms with Crippen LogP contribution in [-0.4, -0.2) is 52.7 Å². The molecule has 0 spiro atoms. The number of nitrogens with zero attached hydrogens (tertiary/aromatic N) is 3. The Labute approximate surface area is 183 Å². The summed E-state index contributed by atoms with van der Waals surface area (Å²) in [6.45, 7) is 2.63. The number of fused-ring (bicyclic) bond motifs is 1. The van der Waals surface area contributed by atoms with Crippen molar-refractivity contribution >= 4 is 26.6 Å². The number of aromatic nitrogens is 3. The van der Waals surface area contributed by atoms with E-state index in [1.54, 1.807) is 29.8 Å².